The van der Waals surface area contributed by atoms with Crippen LogP contribution in [0, 0.1) is 5.92 Å². The molecule has 1 rings (SSSR count). The summed E-state index contributed by atoms with van der Waals surface area (Å²) in [5, 5.41) is 3.45. The molecule has 1 aliphatic carbocycles. The van der Waals surface area contributed by atoms with Crippen molar-refractivity contribution in [2.75, 3.05) is 12.4 Å². The summed E-state index contributed by atoms with van der Waals surface area (Å²) in [5.74, 6) is -0.0374. The van der Waals surface area contributed by atoms with Crippen LogP contribution >= 0.6 is 15.9 Å². The van der Waals surface area contributed by atoms with Gasteiger partial charge in [0.1, 0.15) is 11.1 Å². The van der Waals surface area contributed by atoms with Crippen LogP contribution in [-0.2, 0) is 14.3 Å². The van der Waals surface area contributed by atoms with E-state index in [4.69, 9.17) is 9.47 Å². The molecule has 1 amide bonds. The van der Waals surface area contributed by atoms with E-state index >= 15 is 0 Å². The lowest BCUT2D eigenvalue weighted by atomic mass is 9.69. The molecule has 0 bridgehead atoms. The first kappa shape index (κ1) is 15.3. The molecule has 1 aliphatic rings. The van der Waals surface area contributed by atoms with Gasteiger partial charge >= 0.3 is 12.1 Å². The highest BCUT2D eigenvalue weighted by molar-refractivity contribution is 9.09. The Balaban J connectivity index is 2.65. The average Bonchev–Trinajstić information content (AvgIpc) is 2.18. The van der Waals surface area contributed by atoms with E-state index in [1.54, 1.807) is 20.8 Å². The van der Waals surface area contributed by atoms with Crippen molar-refractivity contribution in [3.8, 4) is 0 Å². The number of carbonyl (C=O) groups excluding carboxylic acids is 2. The van der Waals surface area contributed by atoms with Crippen LogP contribution in [0.4, 0.5) is 4.79 Å². The minimum atomic E-state index is -0.921. The average molecular weight is 322 g/mol. The summed E-state index contributed by atoms with van der Waals surface area (Å²) in [5.41, 5.74) is -1.50. The van der Waals surface area contributed by atoms with E-state index in [9.17, 15) is 9.59 Å². The molecule has 1 saturated carbocycles. The molecule has 1 fully saturated rings. The summed E-state index contributed by atoms with van der Waals surface area (Å²) in [4.78, 5) is 23.5. The van der Waals surface area contributed by atoms with Crippen LogP contribution in [0.3, 0.4) is 0 Å². The molecular formula is C12H20BrNO4. The zero-order valence-electron chi connectivity index (χ0n) is 11.2. The smallest absolute Gasteiger partial charge is 0.408 e. The van der Waals surface area contributed by atoms with Gasteiger partial charge in [-0.3, -0.25) is 0 Å². The highest BCUT2D eigenvalue weighted by Crippen LogP contribution is 2.40. The molecule has 0 aromatic rings. The van der Waals surface area contributed by atoms with Crippen LogP contribution in [0.25, 0.3) is 0 Å². The molecular weight excluding hydrogens is 302 g/mol. The number of esters is 1. The lowest BCUT2D eigenvalue weighted by Gasteiger charge is -2.44. The van der Waals surface area contributed by atoms with Gasteiger partial charge in [-0.2, -0.15) is 0 Å². The lowest BCUT2D eigenvalue weighted by Crippen LogP contribution is -2.63. The summed E-state index contributed by atoms with van der Waals surface area (Å²) < 4.78 is 9.92. The third kappa shape index (κ3) is 3.60. The molecule has 0 radical (unpaired) electrons. The van der Waals surface area contributed by atoms with Gasteiger partial charge in [-0.1, -0.05) is 15.9 Å². The predicted octanol–water partition coefficient (Wildman–Crippen LogP) is 2.23. The fraction of sp³-hybridized carbons (Fsp3) is 0.833. The number of methoxy groups -OCH3 is 1. The minimum Gasteiger partial charge on any atom is -0.467 e. The molecule has 0 atom stereocenters. The van der Waals surface area contributed by atoms with Crippen molar-refractivity contribution in [1.82, 2.24) is 5.32 Å². The van der Waals surface area contributed by atoms with Crippen molar-refractivity contribution < 1.29 is 19.1 Å². The van der Waals surface area contributed by atoms with Crippen molar-refractivity contribution in [1.29, 1.82) is 0 Å². The van der Waals surface area contributed by atoms with E-state index in [0.29, 0.717) is 18.8 Å². The van der Waals surface area contributed by atoms with Crippen molar-refractivity contribution in [2.45, 2.75) is 44.8 Å². The fourth-order valence-corrected chi connectivity index (χ4v) is 2.51. The molecule has 5 nitrogen and oxygen atoms in total. The Morgan fingerprint density at radius 1 is 1.39 bits per heavy atom. The van der Waals surface area contributed by atoms with Crippen LogP contribution in [0.2, 0.25) is 0 Å². The molecule has 0 aliphatic heterocycles. The highest BCUT2D eigenvalue weighted by Gasteiger charge is 2.52. The molecule has 0 heterocycles. The largest absolute Gasteiger partial charge is 0.467 e. The number of rotatable bonds is 3. The topological polar surface area (TPSA) is 64.6 Å². The van der Waals surface area contributed by atoms with Gasteiger partial charge in [0.25, 0.3) is 0 Å². The molecule has 0 unspecified atom stereocenters. The van der Waals surface area contributed by atoms with Crippen LogP contribution in [0.5, 0.6) is 0 Å². The number of hydrogen-bond donors (Lipinski definition) is 1. The third-order valence-electron chi connectivity index (χ3n) is 2.81. The van der Waals surface area contributed by atoms with Gasteiger partial charge in [0, 0.05) is 5.33 Å². The van der Waals surface area contributed by atoms with E-state index < -0.39 is 23.2 Å². The standard InChI is InChI=1S/C12H20BrNO4/c1-11(2,3)18-10(16)14-12(9(15)17-4)5-8(6-12)7-13/h8H,5-7H2,1-4H3,(H,14,16). The zero-order chi connectivity index (χ0) is 14.0. The second-order valence-corrected chi connectivity index (χ2v) is 6.28. The van der Waals surface area contributed by atoms with Crippen LogP contribution in [-0.4, -0.2) is 35.6 Å². The Morgan fingerprint density at radius 2 is 1.94 bits per heavy atom. The second kappa shape index (κ2) is 5.47. The van der Waals surface area contributed by atoms with Crippen LogP contribution in [0.1, 0.15) is 33.6 Å². The molecule has 1 N–H and O–H groups in total. The number of ether oxygens (including phenoxy) is 2. The van der Waals surface area contributed by atoms with E-state index in [0.717, 1.165) is 5.33 Å². The Labute approximate surface area is 116 Å². The maximum Gasteiger partial charge on any atom is 0.408 e. The van der Waals surface area contributed by atoms with Crippen molar-refractivity contribution in [3.05, 3.63) is 0 Å². The molecule has 0 saturated heterocycles. The van der Waals surface area contributed by atoms with E-state index in [2.05, 4.69) is 21.2 Å². The number of alkyl carbamates (subject to hydrolysis) is 1. The summed E-state index contributed by atoms with van der Waals surface area (Å²) in [6, 6.07) is 0. The quantitative estimate of drug-likeness (QED) is 0.639. The van der Waals surface area contributed by atoms with Crippen molar-refractivity contribution >= 4 is 28.0 Å². The van der Waals surface area contributed by atoms with Gasteiger partial charge in [-0.15, -0.1) is 0 Å². The second-order valence-electron chi connectivity index (χ2n) is 5.63. The number of hydrogen-bond acceptors (Lipinski definition) is 4. The number of carbonyl (C=O) groups is 2. The molecule has 0 aromatic carbocycles. The Morgan fingerprint density at radius 3 is 2.33 bits per heavy atom. The van der Waals surface area contributed by atoms with E-state index in [-0.39, 0.29) is 0 Å². The Hall–Kier alpha value is -0.780. The normalized spacial score (nSPS) is 27.1. The summed E-state index contributed by atoms with van der Waals surface area (Å²) in [6.07, 6.45) is 0.565. The SMILES string of the molecule is COC(=O)C1(NC(=O)OC(C)(C)C)CC(CBr)C1. The minimum absolute atomic E-state index is 0.374. The number of nitrogens with one attached hydrogen (secondary N) is 1. The van der Waals surface area contributed by atoms with Crippen molar-refractivity contribution in [3.63, 3.8) is 0 Å². The van der Waals surface area contributed by atoms with Crippen LogP contribution < -0.4 is 5.32 Å². The first-order chi connectivity index (χ1) is 8.22. The molecule has 0 spiro atoms. The lowest BCUT2D eigenvalue weighted by molar-refractivity contribution is -0.154. The van der Waals surface area contributed by atoms with E-state index in [1.807, 2.05) is 0 Å². The first-order valence-corrected chi connectivity index (χ1v) is 7.00. The third-order valence-corrected chi connectivity index (χ3v) is 3.72. The summed E-state index contributed by atoms with van der Waals surface area (Å²) in [7, 11) is 1.32. The Bertz CT molecular complexity index is 331. The zero-order valence-corrected chi connectivity index (χ0v) is 12.8. The summed E-state index contributed by atoms with van der Waals surface area (Å²) >= 11 is 3.37. The van der Waals surface area contributed by atoms with E-state index in [1.165, 1.54) is 7.11 Å². The first-order valence-electron chi connectivity index (χ1n) is 5.88. The fourth-order valence-electron chi connectivity index (χ4n) is 2.05. The highest BCUT2D eigenvalue weighted by atomic mass is 79.9. The number of alkyl halides is 1. The van der Waals surface area contributed by atoms with Gasteiger partial charge < -0.3 is 14.8 Å². The van der Waals surface area contributed by atoms with Gasteiger partial charge in [0.2, 0.25) is 0 Å². The maximum atomic E-state index is 11.8. The predicted molar refractivity (Wildman–Crippen MR) is 70.6 cm³/mol. The monoisotopic (exact) mass is 321 g/mol. The molecule has 6 heteroatoms. The van der Waals surface area contributed by atoms with Crippen molar-refractivity contribution in [2.24, 2.45) is 5.92 Å². The maximum absolute atomic E-state index is 11.8. The van der Waals surface area contributed by atoms with Gasteiger partial charge in [-0.25, -0.2) is 9.59 Å². The number of halogens is 1. The van der Waals surface area contributed by atoms with Gasteiger partial charge in [0.15, 0.2) is 0 Å². The van der Waals surface area contributed by atoms with Gasteiger partial charge in [-0.05, 0) is 39.5 Å². The van der Waals surface area contributed by atoms with Crippen LogP contribution in [0.15, 0.2) is 0 Å². The van der Waals surface area contributed by atoms with Gasteiger partial charge in [0.05, 0.1) is 7.11 Å². The Kier molecular flexibility index (Phi) is 4.64. The molecule has 0 aromatic heterocycles. The molecule has 18 heavy (non-hydrogen) atoms. The summed E-state index contributed by atoms with van der Waals surface area (Å²) in [6.45, 7) is 5.33. The molecule has 104 valence electrons. The number of amides is 1.